The number of hydrogen-bond donors (Lipinski definition) is 1. The van der Waals surface area contributed by atoms with Crippen LogP contribution in [-0.4, -0.2) is 24.2 Å². The van der Waals surface area contributed by atoms with E-state index in [1.54, 1.807) is 6.07 Å². The molecule has 0 aliphatic carbocycles. The Balaban J connectivity index is 3.12. The molecule has 0 saturated heterocycles. The Kier molecular flexibility index (Phi) is 4.94. The number of benzene rings is 1. The minimum atomic E-state index is -0.999. The molecule has 1 N–H and O–H groups in total. The normalized spacial score (nSPS) is 10.3. The van der Waals surface area contributed by atoms with Crippen LogP contribution in [0.3, 0.4) is 0 Å². The molecular weight excluding hydrogens is 228 g/mol. The summed E-state index contributed by atoms with van der Waals surface area (Å²) >= 11 is 0. The van der Waals surface area contributed by atoms with Crippen LogP contribution in [0.15, 0.2) is 24.3 Å². The van der Waals surface area contributed by atoms with Crippen LogP contribution in [0.5, 0.6) is 0 Å². The van der Waals surface area contributed by atoms with Crippen LogP contribution >= 0.6 is 0 Å². The van der Waals surface area contributed by atoms with Crippen molar-refractivity contribution in [3.63, 3.8) is 0 Å². The molecule has 0 radical (unpaired) electrons. The van der Waals surface area contributed by atoms with Crippen molar-refractivity contribution in [3.8, 4) is 6.07 Å². The van der Waals surface area contributed by atoms with E-state index in [1.807, 2.05) is 26.0 Å². The fourth-order valence-corrected chi connectivity index (χ4v) is 1.75. The van der Waals surface area contributed by atoms with Gasteiger partial charge in [0.15, 0.2) is 0 Å². The van der Waals surface area contributed by atoms with E-state index in [1.165, 1.54) is 6.08 Å². The van der Waals surface area contributed by atoms with Gasteiger partial charge in [-0.25, -0.2) is 4.79 Å². The maximum atomic E-state index is 10.4. The summed E-state index contributed by atoms with van der Waals surface area (Å²) in [7, 11) is 0. The molecule has 0 fully saturated rings. The molecule has 1 rings (SSSR count). The second-order valence-corrected chi connectivity index (χ2v) is 3.73. The standard InChI is InChI=1S/C14H16N2O2/c1-3-16(4-2)13-7-5-11(6-8-14(17)18)9-12(13)10-15/h5-9H,3-4H2,1-2H3,(H,17,18)/b8-6+. The van der Waals surface area contributed by atoms with E-state index in [0.29, 0.717) is 11.1 Å². The highest BCUT2D eigenvalue weighted by atomic mass is 16.4. The molecule has 0 spiro atoms. The van der Waals surface area contributed by atoms with Crippen LogP contribution in [-0.2, 0) is 4.79 Å². The van der Waals surface area contributed by atoms with Gasteiger partial charge in [0.05, 0.1) is 11.3 Å². The summed E-state index contributed by atoms with van der Waals surface area (Å²) in [6.07, 6.45) is 2.54. The summed E-state index contributed by atoms with van der Waals surface area (Å²) in [4.78, 5) is 12.5. The third-order valence-electron chi connectivity index (χ3n) is 2.66. The molecule has 1 aromatic carbocycles. The van der Waals surface area contributed by atoms with Gasteiger partial charge in [-0.1, -0.05) is 6.07 Å². The highest BCUT2D eigenvalue weighted by Gasteiger charge is 2.08. The Labute approximate surface area is 107 Å². The summed E-state index contributed by atoms with van der Waals surface area (Å²) in [6, 6.07) is 7.52. The number of carboxylic acid groups (broad SMARTS) is 1. The lowest BCUT2D eigenvalue weighted by molar-refractivity contribution is -0.131. The number of nitrogens with zero attached hydrogens (tertiary/aromatic N) is 2. The molecule has 94 valence electrons. The average molecular weight is 244 g/mol. The minimum Gasteiger partial charge on any atom is -0.478 e. The van der Waals surface area contributed by atoms with E-state index in [2.05, 4.69) is 11.0 Å². The van der Waals surface area contributed by atoms with Crippen molar-refractivity contribution in [1.29, 1.82) is 5.26 Å². The zero-order valence-corrected chi connectivity index (χ0v) is 10.6. The Morgan fingerprint density at radius 2 is 2.11 bits per heavy atom. The number of aliphatic carboxylic acids is 1. The molecule has 4 nitrogen and oxygen atoms in total. The second-order valence-electron chi connectivity index (χ2n) is 3.73. The molecule has 0 heterocycles. The quantitative estimate of drug-likeness (QED) is 0.808. The Hall–Kier alpha value is -2.28. The number of carboxylic acids is 1. The lowest BCUT2D eigenvalue weighted by atomic mass is 10.1. The van der Waals surface area contributed by atoms with Gasteiger partial charge in [0.1, 0.15) is 6.07 Å². The second kappa shape index (κ2) is 6.45. The van der Waals surface area contributed by atoms with Gasteiger partial charge in [0.25, 0.3) is 0 Å². The van der Waals surface area contributed by atoms with Crippen molar-refractivity contribution in [2.24, 2.45) is 0 Å². The lowest BCUT2D eigenvalue weighted by Gasteiger charge is -2.22. The van der Waals surface area contributed by atoms with Gasteiger partial charge in [0.2, 0.25) is 0 Å². The van der Waals surface area contributed by atoms with Crippen molar-refractivity contribution in [1.82, 2.24) is 0 Å². The predicted octanol–water partition coefficient (Wildman–Crippen LogP) is 2.50. The highest BCUT2D eigenvalue weighted by Crippen LogP contribution is 2.21. The molecule has 0 aliphatic heterocycles. The molecule has 0 amide bonds. The van der Waals surface area contributed by atoms with Gasteiger partial charge in [-0.3, -0.25) is 0 Å². The number of anilines is 1. The Bertz CT molecular complexity index is 497. The number of hydrogen-bond acceptors (Lipinski definition) is 3. The molecule has 1 aromatic rings. The molecule has 18 heavy (non-hydrogen) atoms. The largest absolute Gasteiger partial charge is 0.478 e. The Morgan fingerprint density at radius 1 is 1.44 bits per heavy atom. The third-order valence-corrected chi connectivity index (χ3v) is 2.66. The van der Waals surface area contributed by atoms with E-state index in [9.17, 15) is 4.79 Å². The smallest absolute Gasteiger partial charge is 0.328 e. The van der Waals surface area contributed by atoms with Gasteiger partial charge in [-0.15, -0.1) is 0 Å². The fourth-order valence-electron chi connectivity index (χ4n) is 1.75. The van der Waals surface area contributed by atoms with E-state index in [0.717, 1.165) is 24.9 Å². The first-order valence-corrected chi connectivity index (χ1v) is 5.82. The molecule has 0 atom stereocenters. The SMILES string of the molecule is CCN(CC)c1ccc(/C=C/C(=O)O)cc1C#N. The predicted molar refractivity (Wildman–Crippen MR) is 71.4 cm³/mol. The molecule has 0 aliphatic rings. The van der Waals surface area contributed by atoms with Gasteiger partial charge in [0, 0.05) is 19.2 Å². The topological polar surface area (TPSA) is 64.3 Å². The number of nitriles is 1. The lowest BCUT2D eigenvalue weighted by Crippen LogP contribution is -2.22. The summed E-state index contributed by atoms with van der Waals surface area (Å²) in [5, 5.41) is 17.7. The van der Waals surface area contributed by atoms with Crippen molar-refractivity contribution in [2.75, 3.05) is 18.0 Å². The first-order valence-electron chi connectivity index (χ1n) is 5.82. The van der Waals surface area contributed by atoms with Crippen molar-refractivity contribution in [2.45, 2.75) is 13.8 Å². The van der Waals surface area contributed by atoms with Crippen LogP contribution in [0, 0.1) is 11.3 Å². The minimum absolute atomic E-state index is 0.561. The van der Waals surface area contributed by atoms with Crippen LogP contribution < -0.4 is 4.90 Å². The van der Waals surface area contributed by atoms with Gasteiger partial charge >= 0.3 is 5.97 Å². The van der Waals surface area contributed by atoms with E-state index in [4.69, 9.17) is 10.4 Å². The Morgan fingerprint density at radius 3 is 2.61 bits per heavy atom. The first kappa shape index (κ1) is 13.8. The summed E-state index contributed by atoms with van der Waals surface area (Å²) in [5.74, 6) is -0.999. The van der Waals surface area contributed by atoms with Gasteiger partial charge in [-0.2, -0.15) is 5.26 Å². The van der Waals surface area contributed by atoms with Crippen LogP contribution in [0.25, 0.3) is 6.08 Å². The molecule has 0 saturated carbocycles. The van der Waals surface area contributed by atoms with Gasteiger partial charge < -0.3 is 10.0 Å². The van der Waals surface area contributed by atoms with Crippen LogP contribution in [0.4, 0.5) is 5.69 Å². The van der Waals surface area contributed by atoms with E-state index >= 15 is 0 Å². The number of carbonyl (C=O) groups is 1. The maximum Gasteiger partial charge on any atom is 0.328 e. The molecule has 0 aromatic heterocycles. The van der Waals surface area contributed by atoms with Crippen LogP contribution in [0.1, 0.15) is 25.0 Å². The molecule has 4 heteroatoms. The van der Waals surface area contributed by atoms with E-state index < -0.39 is 5.97 Å². The van der Waals surface area contributed by atoms with Crippen LogP contribution in [0.2, 0.25) is 0 Å². The fraction of sp³-hybridized carbons (Fsp3) is 0.286. The third kappa shape index (κ3) is 3.36. The maximum absolute atomic E-state index is 10.4. The summed E-state index contributed by atoms with van der Waals surface area (Å²) < 4.78 is 0. The highest BCUT2D eigenvalue weighted by molar-refractivity contribution is 5.85. The average Bonchev–Trinajstić information content (AvgIpc) is 2.38. The molecule has 0 bridgehead atoms. The van der Waals surface area contributed by atoms with Crippen molar-refractivity contribution < 1.29 is 9.90 Å². The molecule has 0 unspecified atom stereocenters. The zero-order chi connectivity index (χ0) is 13.5. The molecular formula is C14H16N2O2. The van der Waals surface area contributed by atoms with Gasteiger partial charge in [-0.05, 0) is 37.6 Å². The van der Waals surface area contributed by atoms with E-state index in [-0.39, 0.29) is 0 Å². The first-order chi connectivity index (χ1) is 8.62. The van der Waals surface area contributed by atoms with Crippen molar-refractivity contribution >= 4 is 17.7 Å². The van der Waals surface area contributed by atoms with Crippen molar-refractivity contribution in [3.05, 3.63) is 35.4 Å². The zero-order valence-electron chi connectivity index (χ0n) is 10.6. The summed E-state index contributed by atoms with van der Waals surface area (Å²) in [6.45, 7) is 5.72. The monoisotopic (exact) mass is 244 g/mol. The number of rotatable bonds is 5. The summed E-state index contributed by atoms with van der Waals surface area (Å²) in [5.41, 5.74) is 2.16.